The molecule has 0 spiro atoms. The van der Waals surface area contributed by atoms with Gasteiger partial charge in [0.2, 0.25) is 5.95 Å². The van der Waals surface area contributed by atoms with Crippen LogP contribution in [0.1, 0.15) is 12.5 Å². The third-order valence-corrected chi connectivity index (χ3v) is 2.93. The van der Waals surface area contributed by atoms with Crippen molar-refractivity contribution in [3.8, 4) is 11.6 Å². The quantitative estimate of drug-likeness (QED) is 0.686. The molecule has 1 aromatic heterocycles. The number of benzene rings is 1. The number of nitro groups is 1. The zero-order chi connectivity index (χ0) is 14.7. The predicted molar refractivity (Wildman–Crippen MR) is 74.0 cm³/mol. The second-order valence-corrected chi connectivity index (χ2v) is 4.29. The highest BCUT2D eigenvalue weighted by atomic mass is 35.5. The highest BCUT2D eigenvalue weighted by Gasteiger charge is 2.19. The van der Waals surface area contributed by atoms with Crippen LogP contribution in [0.5, 0.6) is 11.6 Å². The van der Waals surface area contributed by atoms with E-state index in [1.807, 2.05) is 6.92 Å². The second-order valence-electron chi connectivity index (χ2n) is 3.88. The van der Waals surface area contributed by atoms with Gasteiger partial charge in [-0.05, 0) is 30.2 Å². The summed E-state index contributed by atoms with van der Waals surface area (Å²) >= 11 is 6.00. The Kier molecular flexibility index (Phi) is 3.99. The summed E-state index contributed by atoms with van der Waals surface area (Å²) in [5.41, 5.74) is 5.93. The Bertz CT molecular complexity index is 663. The fourth-order valence-corrected chi connectivity index (χ4v) is 1.82. The Balaban J connectivity index is 2.39. The maximum atomic E-state index is 10.9. The molecule has 20 heavy (non-hydrogen) atoms. The minimum absolute atomic E-state index is 0.102. The molecule has 0 aliphatic heterocycles. The molecule has 0 radical (unpaired) electrons. The first kappa shape index (κ1) is 14.0. The summed E-state index contributed by atoms with van der Waals surface area (Å²) in [6.07, 6.45) is 1.72. The average molecular weight is 295 g/mol. The van der Waals surface area contributed by atoms with Crippen LogP contribution in [0.4, 0.5) is 11.6 Å². The van der Waals surface area contributed by atoms with Gasteiger partial charge in [-0.15, -0.1) is 0 Å². The molecule has 0 atom stereocenters. The van der Waals surface area contributed by atoms with Gasteiger partial charge in [-0.3, -0.25) is 10.1 Å². The summed E-state index contributed by atoms with van der Waals surface area (Å²) in [5, 5.41) is 11.5. The zero-order valence-electron chi connectivity index (χ0n) is 10.5. The van der Waals surface area contributed by atoms with E-state index in [1.165, 1.54) is 0 Å². The van der Waals surface area contributed by atoms with Crippen LogP contribution in [0.3, 0.4) is 0 Å². The van der Waals surface area contributed by atoms with Crippen LogP contribution in [-0.4, -0.2) is 14.9 Å². The molecule has 0 saturated heterocycles. The third-order valence-electron chi connectivity index (χ3n) is 2.56. The highest BCUT2D eigenvalue weighted by molar-refractivity contribution is 6.31. The molecular formula is C12H11ClN4O3. The fraction of sp³-hybridized carbons (Fsp3) is 0.167. The fourth-order valence-electron chi connectivity index (χ4n) is 1.57. The molecule has 0 aliphatic carbocycles. The lowest BCUT2D eigenvalue weighted by molar-refractivity contribution is -0.386. The summed E-state index contributed by atoms with van der Waals surface area (Å²) in [6, 6.07) is 4.96. The summed E-state index contributed by atoms with van der Waals surface area (Å²) in [4.78, 5) is 17.6. The maximum absolute atomic E-state index is 10.9. The second kappa shape index (κ2) is 5.70. The van der Waals surface area contributed by atoms with Gasteiger partial charge in [-0.2, -0.15) is 4.98 Å². The van der Waals surface area contributed by atoms with Crippen molar-refractivity contribution >= 4 is 23.2 Å². The average Bonchev–Trinajstić information content (AvgIpc) is 2.40. The number of anilines is 1. The minimum atomic E-state index is -0.634. The van der Waals surface area contributed by atoms with Gasteiger partial charge in [0.15, 0.2) is 0 Å². The summed E-state index contributed by atoms with van der Waals surface area (Å²) in [5.74, 6) is 0.0922. The lowest BCUT2D eigenvalue weighted by Gasteiger charge is -2.08. The van der Waals surface area contributed by atoms with Crippen molar-refractivity contribution in [2.24, 2.45) is 0 Å². The maximum Gasteiger partial charge on any atom is 0.349 e. The number of nitrogen functional groups attached to an aromatic ring is 1. The van der Waals surface area contributed by atoms with E-state index in [4.69, 9.17) is 22.1 Å². The molecule has 0 unspecified atom stereocenters. The van der Waals surface area contributed by atoms with Crippen LogP contribution in [0.15, 0.2) is 24.4 Å². The summed E-state index contributed by atoms with van der Waals surface area (Å²) < 4.78 is 5.42. The highest BCUT2D eigenvalue weighted by Crippen LogP contribution is 2.31. The monoisotopic (exact) mass is 294 g/mol. The van der Waals surface area contributed by atoms with Gasteiger partial charge in [-0.1, -0.05) is 18.5 Å². The van der Waals surface area contributed by atoms with E-state index in [2.05, 4.69) is 9.97 Å². The van der Waals surface area contributed by atoms with Crippen LogP contribution < -0.4 is 10.5 Å². The first-order chi connectivity index (χ1) is 9.51. The molecule has 0 aliphatic rings. The molecule has 0 bridgehead atoms. The number of rotatable bonds is 4. The summed E-state index contributed by atoms with van der Waals surface area (Å²) in [7, 11) is 0. The predicted octanol–water partition coefficient (Wildman–Crippen LogP) is 2.98. The molecule has 2 N–H and O–H groups in total. The molecule has 2 aromatic rings. The molecule has 104 valence electrons. The van der Waals surface area contributed by atoms with Gasteiger partial charge in [0.1, 0.15) is 11.9 Å². The number of halogens is 1. The molecule has 8 heteroatoms. The van der Waals surface area contributed by atoms with Crippen molar-refractivity contribution in [2.75, 3.05) is 5.73 Å². The van der Waals surface area contributed by atoms with Crippen LogP contribution in [0.25, 0.3) is 0 Å². The first-order valence-corrected chi connectivity index (χ1v) is 6.12. The number of aryl methyl sites for hydroxylation is 1. The van der Waals surface area contributed by atoms with Gasteiger partial charge in [-0.25, -0.2) is 4.98 Å². The number of ether oxygens (including phenoxy) is 1. The van der Waals surface area contributed by atoms with Crippen molar-refractivity contribution in [3.05, 3.63) is 45.1 Å². The smallest absolute Gasteiger partial charge is 0.349 e. The standard InChI is InChI=1S/C12H11ClN4O3/c1-2-7-5-8(3-4-9(7)13)20-11-10(17(18)19)6-15-12(14)16-11/h3-6H,2H2,1H3,(H2,14,15,16). The number of hydrogen-bond donors (Lipinski definition) is 1. The molecular weight excluding hydrogens is 284 g/mol. The van der Waals surface area contributed by atoms with Crippen LogP contribution in [0.2, 0.25) is 5.02 Å². The Morgan fingerprint density at radius 3 is 2.90 bits per heavy atom. The van der Waals surface area contributed by atoms with E-state index in [-0.39, 0.29) is 17.5 Å². The van der Waals surface area contributed by atoms with Crippen LogP contribution >= 0.6 is 11.6 Å². The van der Waals surface area contributed by atoms with Gasteiger partial charge in [0.25, 0.3) is 0 Å². The van der Waals surface area contributed by atoms with E-state index in [0.29, 0.717) is 17.2 Å². The molecule has 7 nitrogen and oxygen atoms in total. The van der Waals surface area contributed by atoms with E-state index < -0.39 is 4.92 Å². The third kappa shape index (κ3) is 2.94. The number of aromatic nitrogens is 2. The van der Waals surface area contributed by atoms with E-state index in [9.17, 15) is 10.1 Å². The number of hydrogen-bond acceptors (Lipinski definition) is 6. The normalized spacial score (nSPS) is 10.3. The number of nitrogens with zero attached hydrogens (tertiary/aromatic N) is 3. The number of nitrogens with two attached hydrogens (primary N) is 1. The lowest BCUT2D eigenvalue weighted by Crippen LogP contribution is -2.01. The van der Waals surface area contributed by atoms with Gasteiger partial charge in [0, 0.05) is 5.02 Å². The van der Waals surface area contributed by atoms with Crippen molar-refractivity contribution in [3.63, 3.8) is 0 Å². The van der Waals surface area contributed by atoms with Gasteiger partial charge < -0.3 is 10.5 Å². The molecule has 0 fully saturated rings. The molecule has 2 rings (SSSR count). The van der Waals surface area contributed by atoms with Crippen LogP contribution in [0, 0.1) is 10.1 Å². The van der Waals surface area contributed by atoms with Crippen molar-refractivity contribution in [1.82, 2.24) is 9.97 Å². The van der Waals surface area contributed by atoms with Crippen molar-refractivity contribution in [1.29, 1.82) is 0 Å². The van der Waals surface area contributed by atoms with E-state index in [1.54, 1.807) is 18.2 Å². The molecule has 1 aromatic carbocycles. The summed E-state index contributed by atoms with van der Waals surface area (Å²) in [6.45, 7) is 1.94. The minimum Gasteiger partial charge on any atom is -0.434 e. The van der Waals surface area contributed by atoms with Gasteiger partial charge in [0.05, 0.1) is 4.92 Å². The Hall–Kier alpha value is -2.41. The molecule has 1 heterocycles. The van der Waals surface area contributed by atoms with Crippen molar-refractivity contribution in [2.45, 2.75) is 13.3 Å². The Labute approximate surface area is 119 Å². The van der Waals surface area contributed by atoms with E-state index in [0.717, 1.165) is 11.8 Å². The van der Waals surface area contributed by atoms with E-state index >= 15 is 0 Å². The molecule has 0 saturated carbocycles. The largest absolute Gasteiger partial charge is 0.434 e. The lowest BCUT2D eigenvalue weighted by atomic mass is 10.1. The molecule has 0 amide bonds. The Morgan fingerprint density at radius 2 is 2.25 bits per heavy atom. The van der Waals surface area contributed by atoms with Crippen molar-refractivity contribution < 1.29 is 9.66 Å². The zero-order valence-corrected chi connectivity index (χ0v) is 11.3. The van der Waals surface area contributed by atoms with Crippen LogP contribution in [-0.2, 0) is 6.42 Å². The topological polar surface area (TPSA) is 104 Å². The first-order valence-electron chi connectivity index (χ1n) is 5.74. The Morgan fingerprint density at radius 1 is 1.50 bits per heavy atom. The van der Waals surface area contributed by atoms with Gasteiger partial charge >= 0.3 is 11.6 Å². The SMILES string of the molecule is CCc1cc(Oc2nc(N)ncc2[N+](=O)[O-])ccc1Cl.